The Morgan fingerprint density at radius 1 is 1.71 bits per heavy atom. The molecule has 0 saturated heterocycles. The van der Waals surface area contributed by atoms with Crippen LogP contribution in [0.1, 0.15) is 13.8 Å². The Morgan fingerprint density at radius 3 is 2.43 bits per heavy atom. The minimum Gasteiger partial charge on any atom is -0.236 e. The maximum Gasteiger partial charge on any atom is 0.0882 e. The normalized spacial score (nSPS) is 15.3. The predicted molar refractivity (Wildman–Crippen MR) is 29.5 cm³/mol. The number of allylic oxidation sites excluding steroid dienone is 1. The Labute approximate surface area is 44.7 Å². The molecule has 0 amide bonds. The molecule has 0 aliphatic rings. The molecule has 0 rings (SSSR count). The first-order chi connectivity index (χ1) is 3.31. The molecule has 0 N–H and O–H groups in total. The third kappa shape index (κ3) is 3.53. The molecule has 0 aliphatic heterocycles. The zero-order valence-corrected chi connectivity index (χ0v) is 4.85. The molecule has 1 heteroatoms. The summed E-state index contributed by atoms with van der Waals surface area (Å²) in [6.45, 7) is 3.84. The van der Waals surface area contributed by atoms with Gasteiger partial charge in [0.25, 0.3) is 0 Å². The van der Waals surface area contributed by atoms with Crippen molar-refractivity contribution >= 4 is 0 Å². The third-order valence-electron chi connectivity index (χ3n) is 0.784. The van der Waals surface area contributed by atoms with Crippen molar-refractivity contribution < 1.29 is 5.11 Å². The molecule has 7 heavy (non-hydrogen) atoms. The quantitative estimate of drug-likeness (QED) is 0.469. The summed E-state index contributed by atoms with van der Waals surface area (Å²) in [6, 6.07) is 0. The van der Waals surface area contributed by atoms with Crippen LogP contribution in [-0.4, -0.2) is 6.61 Å². The smallest absolute Gasteiger partial charge is 0.0882 e. The van der Waals surface area contributed by atoms with Gasteiger partial charge in [0.1, 0.15) is 0 Å². The highest BCUT2D eigenvalue weighted by atomic mass is 16.3. The first-order valence-corrected chi connectivity index (χ1v) is 2.52. The van der Waals surface area contributed by atoms with Crippen molar-refractivity contribution in [3.05, 3.63) is 12.2 Å². The average Bonchev–Trinajstić information content (AvgIpc) is 1.68. The molecule has 0 aromatic heterocycles. The highest BCUT2D eigenvalue weighted by Crippen LogP contribution is 1.92. The summed E-state index contributed by atoms with van der Waals surface area (Å²) in [5.41, 5.74) is 0. The summed E-state index contributed by atoms with van der Waals surface area (Å²) in [4.78, 5) is 0. The van der Waals surface area contributed by atoms with Crippen molar-refractivity contribution in [3.8, 4) is 0 Å². The van der Waals surface area contributed by atoms with E-state index in [1.54, 1.807) is 0 Å². The fraction of sp³-hybridized carbons (Fsp3) is 0.667. The van der Waals surface area contributed by atoms with Crippen LogP contribution in [-0.2, 0) is 5.11 Å². The van der Waals surface area contributed by atoms with Crippen LogP contribution in [0.4, 0.5) is 0 Å². The fourth-order valence-electron chi connectivity index (χ4n) is 0.384. The fourth-order valence-corrected chi connectivity index (χ4v) is 0.384. The molecule has 0 bridgehead atoms. The first kappa shape index (κ1) is 6.70. The lowest BCUT2D eigenvalue weighted by molar-refractivity contribution is 0.168. The van der Waals surface area contributed by atoms with E-state index in [-0.39, 0.29) is 12.5 Å². The Morgan fingerprint density at radius 2 is 2.29 bits per heavy atom. The van der Waals surface area contributed by atoms with Crippen LogP contribution in [0.2, 0.25) is 0 Å². The maximum atomic E-state index is 9.97. The van der Waals surface area contributed by atoms with Gasteiger partial charge in [0.05, 0.1) is 6.61 Å². The zero-order valence-electron chi connectivity index (χ0n) is 4.85. The van der Waals surface area contributed by atoms with E-state index < -0.39 is 0 Å². The second-order valence-electron chi connectivity index (χ2n) is 1.67. The van der Waals surface area contributed by atoms with Gasteiger partial charge in [0, 0.05) is 5.92 Å². The largest absolute Gasteiger partial charge is 0.236 e. The van der Waals surface area contributed by atoms with Crippen molar-refractivity contribution in [3.63, 3.8) is 0 Å². The van der Waals surface area contributed by atoms with Gasteiger partial charge in [-0.05, 0) is 6.92 Å². The second-order valence-corrected chi connectivity index (χ2v) is 1.67. The summed E-state index contributed by atoms with van der Waals surface area (Å²) in [5.74, 6) is 0.213. The number of hydrogen-bond acceptors (Lipinski definition) is 0. The van der Waals surface area contributed by atoms with E-state index in [4.69, 9.17) is 0 Å². The van der Waals surface area contributed by atoms with Gasteiger partial charge in [-0.15, -0.1) is 0 Å². The van der Waals surface area contributed by atoms with Gasteiger partial charge < -0.3 is 0 Å². The molecule has 0 spiro atoms. The van der Waals surface area contributed by atoms with Crippen LogP contribution in [0.3, 0.4) is 0 Å². The van der Waals surface area contributed by atoms with Gasteiger partial charge in [-0.2, -0.15) is 0 Å². The van der Waals surface area contributed by atoms with E-state index in [9.17, 15) is 5.11 Å². The second kappa shape index (κ2) is 3.88. The van der Waals surface area contributed by atoms with Crippen LogP contribution < -0.4 is 0 Å². The van der Waals surface area contributed by atoms with E-state index in [1.165, 1.54) is 0 Å². The van der Waals surface area contributed by atoms with Crippen molar-refractivity contribution in [1.29, 1.82) is 0 Å². The standard InChI is InChI=1S/C6H11O/c1-3-4-6(2)5-7/h3-4,6H,5H2,1-2H3/b4-3+. The highest BCUT2D eigenvalue weighted by molar-refractivity contribution is 4.81. The number of hydrogen-bond donors (Lipinski definition) is 0. The van der Waals surface area contributed by atoms with Crippen LogP contribution in [0, 0.1) is 5.92 Å². The third-order valence-corrected chi connectivity index (χ3v) is 0.784. The molecule has 0 saturated carbocycles. The summed E-state index contributed by atoms with van der Waals surface area (Å²) in [5, 5.41) is 9.97. The summed E-state index contributed by atoms with van der Waals surface area (Å²) >= 11 is 0. The molecule has 0 aromatic rings. The van der Waals surface area contributed by atoms with E-state index in [0.717, 1.165) is 0 Å². The minimum atomic E-state index is 0.00431. The molecule has 0 aliphatic carbocycles. The summed E-state index contributed by atoms with van der Waals surface area (Å²) in [7, 11) is 0. The van der Waals surface area contributed by atoms with Crippen LogP contribution >= 0.6 is 0 Å². The molecule has 0 fully saturated rings. The maximum absolute atomic E-state index is 9.97. The lowest BCUT2D eigenvalue weighted by Crippen LogP contribution is -1.92. The summed E-state index contributed by atoms with van der Waals surface area (Å²) < 4.78 is 0. The molecular formula is C6H11O. The van der Waals surface area contributed by atoms with Crippen LogP contribution in [0.5, 0.6) is 0 Å². The van der Waals surface area contributed by atoms with Crippen LogP contribution in [0.25, 0.3) is 0 Å². The highest BCUT2D eigenvalue weighted by Gasteiger charge is 1.89. The zero-order chi connectivity index (χ0) is 5.70. The van der Waals surface area contributed by atoms with Gasteiger partial charge in [-0.3, -0.25) is 0 Å². The molecule has 1 radical (unpaired) electrons. The molecule has 0 heterocycles. The molecule has 1 nitrogen and oxygen atoms in total. The van der Waals surface area contributed by atoms with Crippen molar-refractivity contribution in [2.75, 3.05) is 6.61 Å². The lowest BCUT2D eigenvalue weighted by atomic mass is 10.2. The monoisotopic (exact) mass is 99.1 g/mol. The van der Waals surface area contributed by atoms with Crippen molar-refractivity contribution in [2.24, 2.45) is 5.92 Å². The minimum absolute atomic E-state index is 0.00431. The Kier molecular flexibility index (Phi) is 3.71. The van der Waals surface area contributed by atoms with Gasteiger partial charge in [-0.25, -0.2) is 5.11 Å². The topological polar surface area (TPSA) is 19.9 Å². The van der Waals surface area contributed by atoms with E-state index >= 15 is 0 Å². The number of rotatable bonds is 2. The van der Waals surface area contributed by atoms with Gasteiger partial charge in [0.2, 0.25) is 0 Å². The van der Waals surface area contributed by atoms with Gasteiger partial charge in [-0.1, -0.05) is 19.1 Å². The lowest BCUT2D eigenvalue weighted by Gasteiger charge is -1.92. The van der Waals surface area contributed by atoms with Crippen molar-refractivity contribution in [2.45, 2.75) is 13.8 Å². The average molecular weight is 99.2 g/mol. The van der Waals surface area contributed by atoms with Crippen LogP contribution in [0.15, 0.2) is 12.2 Å². The van der Waals surface area contributed by atoms with Gasteiger partial charge >= 0.3 is 0 Å². The molecule has 0 aromatic carbocycles. The summed E-state index contributed by atoms with van der Waals surface area (Å²) in [6.07, 6.45) is 3.82. The Hall–Kier alpha value is -0.300. The first-order valence-electron chi connectivity index (χ1n) is 2.52. The van der Waals surface area contributed by atoms with E-state index in [2.05, 4.69) is 0 Å². The molecular weight excluding hydrogens is 88.1 g/mol. The molecule has 41 valence electrons. The Bertz CT molecular complexity index is 57.2. The van der Waals surface area contributed by atoms with E-state index in [1.807, 2.05) is 26.0 Å². The van der Waals surface area contributed by atoms with E-state index in [0.29, 0.717) is 0 Å². The SMILES string of the molecule is C/C=C/C(C)C[O]. The predicted octanol–water partition coefficient (Wildman–Crippen LogP) is 1.63. The van der Waals surface area contributed by atoms with Crippen molar-refractivity contribution in [1.82, 2.24) is 0 Å². The van der Waals surface area contributed by atoms with Gasteiger partial charge in [0.15, 0.2) is 0 Å². The molecule has 1 unspecified atom stereocenters. The Balaban J connectivity index is 3.16. The molecule has 1 atom stereocenters.